The van der Waals surface area contributed by atoms with Gasteiger partial charge in [0.05, 0.1) is 15.0 Å². The number of nitrogens with one attached hydrogen (secondary N) is 1. The van der Waals surface area contributed by atoms with E-state index in [9.17, 15) is 4.79 Å². The van der Waals surface area contributed by atoms with Crippen molar-refractivity contribution < 1.29 is 14.3 Å². The van der Waals surface area contributed by atoms with Crippen molar-refractivity contribution in [1.29, 1.82) is 0 Å². The van der Waals surface area contributed by atoms with Gasteiger partial charge in [-0.1, -0.05) is 15.9 Å². The molecule has 20 heavy (non-hydrogen) atoms. The molecule has 1 unspecified atom stereocenters. The van der Waals surface area contributed by atoms with Gasteiger partial charge in [-0.2, -0.15) is 0 Å². The van der Waals surface area contributed by atoms with Crippen LogP contribution in [0.4, 0.5) is 0 Å². The van der Waals surface area contributed by atoms with Crippen molar-refractivity contribution in [2.75, 3.05) is 19.8 Å². The lowest BCUT2D eigenvalue weighted by Gasteiger charge is -2.13. The van der Waals surface area contributed by atoms with Gasteiger partial charge in [0.25, 0.3) is 5.91 Å². The van der Waals surface area contributed by atoms with Crippen molar-refractivity contribution >= 4 is 53.7 Å². The summed E-state index contributed by atoms with van der Waals surface area (Å²) in [6.07, 6.45) is 2.21. The molecule has 1 aromatic carbocycles. The number of benzene rings is 1. The zero-order valence-corrected chi connectivity index (χ0v) is 15.4. The van der Waals surface area contributed by atoms with Gasteiger partial charge in [0.1, 0.15) is 5.75 Å². The maximum atomic E-state index is 11.7. The highest BCUT2D eigenvalue weighted by molar-refractivity contribution is 9.11. The Morgan fingerprint density at radius 3 is 2.65 bits per heavy atom. The molecule has 0 aliphatic carbocycles. The Labute approximate surface area is 143 Å². The molecular weight excluding hydrogens is 458 g/mol. The minimum absolute atomic E-state index is 0.0223. The third kappa shape index (κ3) is 4.72. The summed E-state index contributed by atoms with van der Waals surface area (Å²) >= 11 is 10.2. The number of amides is 1. The van der Waals surface area contributed by atoms with E-state index in [0.717, 1.165) is 32.9 Å². The Balaban J connectivity index is 1.81. The summed E-state index contributed by atoms with van der Waals surface area (Å²) in [5, 5.41) is 2.82. The fourth-order valence-corrected chi connectivity index (χ4v) is 4.38. The number of carbonyl (C=O) groups excluding carboxylic acids is 1. The molecular formula is C13H14Br3NO3. The van der Waals surface area contributed by atoms with Crippen molar-refractivity contribution in [2.24, 2.45) is 0 Å². The number of rotatable bonds is 5. The third-order valence-electron chi connectivity index (χ3n) is 2.86. The van der Waals surface area contributed by atoms with Gasteiger partial charge in [-0.3, -0.25) is 4.79 Å². The SMILES string of the molecule is O=C(COc1c(Br)cc(Br)cc1Br)NCC1CCCO1. The van der Waals surface area contributed by atoms with E-state index in [4.69, 9.17) is 9.47 Å². The van der Waals surface area contributed by atoms with E-state index >= 15 is 0 Å². The van der Waals surface area contributed by atoms with E-state index < -0.39 is 0 Å². The summed E-state index contributed by atoms with van der Waals surface area (Å²) in [6.45, 7) is 1.31. The molecule has 1 amide bonds. The highest BCUT2D eigenvalue weighted by Gasteiger charge is 2.16. The quantitative estimate of drug-likeness (QED) is 0.713. The zero-order chi connectivity index (χ0) is 14.5. The molecule has 1 atom stereocenters. The van der Waals surface area contributed by atoms with Crippen molar-refractivity contribution in [3.8, 4) is 5.75 Å². The number of carbonyl (C=O) groups is 1. The van der Waals surface area contributed by atoms with E-state index in [1.54, 1.807) is 0 Å². The van der Waals surface area contributed by atoms with Crippen LogP contribution in [0.1, 0.15) is 12.8 Å². The van der Waals surface area contributed by atoms with Crippen LogP contribution >= 0.6 is 47.8 Å². The van der Waals surface area contributed by atoms with Crippen LogP contribution in [0.3, 0.4) is 0 Å². The first kappa shape index (κ1) is 16.3. The summed E-state index contributed by atoms with van der Waals surface area (Å²) in [6, 6.07) is 3.73. The van der Waals surface area contributed by atoms with Gasteiger partial charge in [-0.05, 0) is 56.8 Å². The Morgan fingerprint density at radius 1 is 1.35 bits per heavy atom. The molecule has 110 valence electrons. The van der Waals surface area contributed by atoms with Gasteiger partial charge in [0, 0.05) is 17.6 Å². The lowest BCUT2D eigenvalue weighted by Crippen LogP contribution is -2.35. The summed E-state index contributed by atoms with van der Waals surface area (Å²) in [5.41, 5.74) is 0. The van der Waals surface area contributed by atoms with Crippen LogP contribution in [0, 0.1) is 0 Å². The smallest absolute Gasteiger partial charge is 0.258 e. The predicted molar refractivity (Wildman–Crippen MR) is 87.0 cm³/mol. The highest BCUT2D eigenvalue weighted by Crippen LogP contribution is 2.36. The lowest BCUT2D eigenvalue weighted by molar-refractivity contribution is -0.123. The van der Waals surface area contributed by atoms with Crippen LogP contribution in [0.2, 0.25) is 0 Å². The molecule has 0 saturated carbocycles. The molecule has 0 spiro atoms. The molecule has 1 aliphatic heterocycles. The van der Waals surface area contributed by atoms with E-state index in [1.165, 1.54) is 0 Å². The molecule has 4 nitrogen and oxygen atoms in total. The van der Waals surface area contributed by atoms with E-state index in [-0.39, 0.29) is 18.6 Å². The molecule has 1 aliphatic rings. The van der Waals surface area contributed by atoms with Gasteiger partial charge in [-0.25, -0.2) is 0 Å². The van der Waals surface area contributed by atoms with Crippen LogP contribution in [0.5, 0.6) is 5.75 Å². The summed E-state index contributed by atoms with van der Waals surface area (Å²) in [5.74, 6) is 0.461. The minimum Gasteiger partial charge on any atom is -0.481 e. The Hall–Kier alpha value is -0.110. The van der Waals surface area contributed by atoms with Crippen LogP contribution in [0.25, 0.3) is 0 Å². The largest absolute Gasteiger partial charge is 0.481 e. The first-order valence-corrected chi connectivity index (χ1v) is 8.60. The molecule has 1 N–H and O–H groups in total. The molecule has 0 bridgehead atoms. The second-order valence-electron chi connectivity index (χ2n) is 4.43. The Kier molecular flexibility index (Phi) is 6.32. The molecule has 7 heteroatoms. The average Bonchev–Trinajstić information content (AvgIpc) is 2.88. The van der Waals surface area contributed by atoms with Gasteiger partial charge < -0.3 is 14.8 Å². The molecule has 1 saturated heterocycles. The Morgan fingerprint density at radius 2 is 2.05 bits per heavy atom. The fraction of sp³-hybridized carbons (Fsp3) is 0.462. The van der Waals surface area contributed by atoms with Gasteiger partial charge in [0.15, 0.2) is 6.61 Å². The molecule has 0 radical (unpaired) electrons. The standard InChI is InChI=1S/C13H14Br3NO3/c14-8-4-10(15)13(11(16)5-8)20-7-12(18)17-6-9-2-1-3-19-9/h4-5,9H,1-3,6-7H2,(H,17,18). The van der Waals surface area contributed by atoms with Crippen LogP contribution in [-0.4, -0.2) is 31.8 Å². The molecule has 1 aromatic rings. The summed E-state index contributed by atoms with van der Waals surface area (Å²) < 4.78 is 13.5. The number of hydrogen-bond acceptors (Lipinski definition) is 3. The molecule has 1 fully saturated rings. The van der Waals surface area contributed by atoms with E-state index in [2.05, 4.69) is 53.1 Å². The lowest BCUT2D eigenvalue weighted by atomic mass is 10.2. The topological polar surface area (TPSA) is 47.6 Å². The van der Waals surface area contributed by atoms with Crippen LogP contribution in [-0.2, 0) is 9.53 Å². The van der Waals surface area contributed by atoms with Crippen molar-refractivity contribution in [2.45, 2.75) is 18.9 Å². The molecule has 2 rings (SSSR count). The second-order valence-corrected chi connectivity index (χ2v) is 7.05. The van der Waals surface area contributed by atoms with Crippen molar-refractivity contribution in [3.05, 3.63) is 25.6 Å². The maximum absolute atomic E-state index is 11.7. The number of hydrogen-bond donors (Lipinski definition) is 1. The number of ether oxygens (including phenoxy) is 2. The van der Waals surface area contributed by atoms with Gasteiger partial charge in [-0.15, -0.1) is 0 Å². The predicted octanol–water partition coefficient (Wildman–Crippen LogP) is 3.65. The molecule has 0 aromatic heterocycles. The van der Waals surface area contributed by atoms with Crippen LogP contribution in [0.15, 0.2) is 25.6 Å². The van der Waals surface area contributed by atoms with Crippen molar-refractivity contribution in [3.63, 3.8) is 0 Å². The third-order valence-corrected chi connectivity index (χ3v) is 4.50. The minimum atomic E-state index is -0.151. The molecule has 1 heterocycles. The maximum Gasteiger partial charge on any atom is 0.258 e. The van der Waals surface area contributed by atoms with Gasteiger partial charge >= 0.3 is 0 Å². The van der Waals surface area contributed by atoms with Crippen LogP contribution < -0.4 is 10.1 Å². The summed E-state index contributed by atoms with van der Waals surface area (Å²) in [7, 11) is 0. The fourth-order valence-electron chi connectivity index (χ4n) is 1.89. The monoisotopic (exact) mass is 469 g/mol. The van der Waals surface area contributed by atoms with Gasteiger partial charge in [0.2, 0.25) is 0 Å². The highest BCUT2D eigenvalue weighted by atomic mass is 79.9. The Bertz CT molecular complexity index is 467. The van der Waals surface area contributed by atoms with E-state index in [0.29, 0.717) is 12.3 Å². The summed E-state index contributed by atoms with van der Waals surface area (Å²) in [4.78, 5) is 11.7. The average molecular weight is 472 g/mol. The number of halogens is 3. The normalized spacial score (nSPS) is 18.1. The van der Waals surface area contributed by atoms with Crippen molar-refractivity contribution in [1.82, 2.24) is 5.32 Å². The van der Waals surface area contributed by atoms with E-state index in [1.807, 2.05) is 12.1 Å². The second kappa shape index (κ2) is 7.77. The zero-order valence-electron chi connectivity index (χ0n) is 10.6. The first-order chi connectivity index (χ1) is 9.56. The first-order valence-electron chi connectivity index (χ1n) is 6.22.